The lowest BCUT2D eigenvalue weighted by Crippen LogP contribution is -2.55. The third-order valence-electron chi connectivity index (χ3n) is 23.3. The van der Waals surface area contributed by atoms with Crippen LogP contribution in [-0.2, 0) is 64.2 Å². The van der Waals surface area contributed by atoms with E-state index in [0.717, 1.165) is 65.2 Å². The molecule has 7 unspecified atom stereocenters. The first kappa shape index (κ1) is 73.1. The molecule has 2 N–H and O–H groups in total. The first-order chi connectivity index (χ1) is 42.3. The standard InChI is InChI=1S/C25H36O3.C22H32O3.C19H30O.C16H26O/c1-5-23(2,3)22(26)28-16-17-6-8-21(9-7-17)24(4,27)25-13-18-10-19(14-25)12-20(11-18)15-25;1-5-21(2,3)20(23)25-14-15-7-10-18(11-8-15)22(4,24)19-13-16-6-9-17(19)12-16;1-5-15(2)16-11-13-17(14-12-16)19(3,4)20-18-9-7-6-8-10-18;1-7-13(4)14-8-10-15(11-9-14)16(5,6)17-12(2)3/h6-9,18-20,27H,5,10-16H2,1-4H3;7-8,10-11,16-17,19,24H,5-6,9,12-14H2,1-4H3;11-15,18H,5-10H2,1-4H3;8-13H,7H2,1-6H3. The number of hydrogen-bond acceptors (Lipinski definition) is 8. The Labute approximate surface area is 547 Å². The second-order valence-corrected chi connectivity index (χ2v) is 32.1. The topological polar surface area (TPSA) is 112 Å². The van der Waals surface area contributed by atoms with Gasteiger partial charge in [0.05, 0.1) is 45.4 Å². The summed E-state index contributed by atoms with van der Waals surface area (Å²) in [5, 5.41) is 22.9. The molecule has 7 atom stereocenters. The lowest BCUT2D eigenvalue weighted by Gasteiger charge is -2.61. The fourth-order valence-corrected chi connectivity index (χ4v) is 16.2. The van der Waals surface area contributed by atoms with Gasteiger partial charge in [0, 0.05) is 5.41 Å². The van der Waals surface area contributed by atoms with Crippen LogP contribution in [0.3, 0.4) is 0 Å². The molecular weight excluding hydrogens is 1110 g/mol. The van der Waals surface area contributed by atoms with Crippen LogP contribution in [0.5, 0.6) is 0 Å². The highest BCUT2D eigenvalue weighted by atomic mass is 16.5. The van der Waals surface area contributed by atoms with E-state index >= 15 is 0 Å². The van der Waals surface area contributed by atoms with E-state index in [9.17, 15) is 19.8 Å². The number of carbonyl (C=O) groups is 2. The van der Waals surface area contributed by atoms with Gasteiger partial charge in [-0.3, -0.25) is 9.59 Å². The van der Waals surface area contributed by atoms with Crippen LogP contribution >= 0.6 is 0 Å². The number of hydrogen-bond donors (Lipinski definition) is 2. The summed E-state index contributed by atoms with van der Waals surface area (Å²) in [6.45, 7) is 38.1. The summed E-state index contributed by atoms with van der Waals surface area (Å²) < 4.78 is 23.3. The molecule has 0 radical (unpaired) electrons. The number of fused-ring (bicyclic) bond motifs is 2. The van der Waals surface area contributed by atoms with E-state index in [1.807, 2.05) is 104 Å². The van der Waals surface area contributed by atoms with Gasteiger partial charge in [-0.15, -0.1) is 0 Å². The van der Waals surface area contributed by atoms with E-state index in [2.05, 4.69) is 118 Å². The minimum absolute atomic E-state index is 0.0425. The first-order valence-corrected chi connectivity index (χ1v) is 35.8. The van der Waals surface area contributed by atoms with Crippen LogP contribution < -0.4 is 0 Å². The zero-order valence-electron chi connectivity index (χ0n) is 59.7. The Kier molecular flexibility index (Phi) is 25.0. The van der Waals surface area contributed by atoms with Crippen molar-refractivity contribution in [3.8, 4) is 0 Å². The van der Waals surface area contributed by atoms with Gasteiger partial charge in [0.2, 0.25) is 0 Å². The Hall–Kier alpha value is -4.34. The van der Waals surface area contributed by atoms with E-state index in [4.69, 9.17) is 18.9 Å². The third kappa shape index (κ3) is 18.3. The highest BCUT2D eigenvalue weighted by Gasteiger charge is 2.59. The van der Waals surface area contributed by atoms with Crippen LogP contribution in [-0.4, -0.2) is 34.4 Å². The molecule has 500 valence electrons. The normalized spacial score (nSPS) is 25.1. The number of ether oxygens (including phenoxy) is 4. The first-order valence-electron chi connectivity index (χ1n) is 35.8. The number of esters is 2. The lowest BCUT2D eigenvalue weighted by atomic mass is 9.45. The average Bonchev–Trinajstić information content (AvgIpc) is 1.09. The smallest absolute Gasteiger partial charge is 0.311 e. The maximum atomic E-state index is 12.2. The summed E-state index contributed by atoms with van der Waals surface area (Å²) in [4.78, 5) is 24.3. The van der Waals surface area contributed by atoms with Crippen LogP contribution in [0.15, 0.2) is 97.1 Å². The Bertz CT molecular complexity index is 2810. The lowest BCUT2D eigenvalue weighted by molar-refractivity contribution is -0.176. The Morgan fingerprint density at radius 3 is 1.28 bits per heavy atom. The Morgan fingerprint density at radius 2 is 0.900 bits per heavy atom. The minimum atomic E-state index is -0.789. The van der Waals surface area contributed by atoms with Gasteiger partial charge in [-0.2, -0.15) is 0 Å². The van der Waals surface area contributed by atoms with Crippen molar-refractivity contribution in [1.29, 1.82) is 0 Å². The van der Waals surface area contributed by atoms with Crippen molar-refractivity contribution in [3.63, 3.8) is 0 Å². The van der Waals surface area contributed by atoms with Crippen molar-refractivity contribution >= 4 is 11.9 Å². The van der Waals surface area contributed by atoms with Crippen LogP contribution in [0.1, 0.15) is 303 Å². The van der Waals surface area contributed by atoms with E-state index in [-0.39, 0.29) is 34.7 Å². The number of aliphatic hydroxyl groups is 2. The monoisotopic (exact) mass is 1240 g/mol. The molecule has 7 aliphatic rings. The van der Waals surface area contributed by atoms with Gasteiger partial charge in [-0.1, -0.05) is 164 Å². The zero-order chi connectivity index (χ0) is 66.0. The molecule has 11 rings (SSSR count). The van der Waals surface area contributed by atoms with Gasteiger partial charge in [0.15, 0.2) is 0 Å². The molecule has 0 aromatic heterocycles. The average molecular weight is 1240 g/mol. The second-order valence-electron chi connectivity index (χ2n) is 32.1. The molecule has 7 aliphatic carbocycles. The maximum Gasteiger partial charge on any atom is 0.311 e. The fourth-order valence-electron chi connectivity index (χ4n) is 16.2. The van der Waals surface area contributed by atoms with Crippen molar-refractivity contribution in [2.45, 2.75) is 306 Å². The van der Waals surface area contributed by atoms with Crippen molar-refractivity contribution in [2.24, 2.45) is 51.8 Å². The second kappa shape index (κ2) is 30.8. The predicted molar refractivity (Wildman–Crippen MR) is 370 cm³/mol. The Morgan fingerprint density at radius 1 is 0.489 bits per heavy atom. The van der Waals surface area contributed by atoms with E-state index < -0.39 is 22.0 Å². The molecule has 0 amide bonds. The van der Waals surface area contributed by atoms with Gasteiger partial charge in [0.1, 0.15) is 13.2 Å². The third-order valence-corrected chi connectivity index (χ3v) is 23.3. The molecule has 4 aromatic rings. The maximum absolute atomic E-state index is 12.2. The fraction of sp³-hybridized carbons (Fsp3) is 0.683. The largest absolute Gasteiger partial charge is 0.460 e. The van der Waals surface area contributed by atoms with E-state index in [1.165, 1.54) is 125 Å². The molecule has 0 aliphatic heterocycles. The van der Waals surface area contributed by atoms with E-state index in [1.54, 1.807) is 0 Å². The minimum Gasteiger partial charge on any atom is -0.460 e. The van der Waals surface area contributed by atoms with Crippen LogP contribution in [0.4, 0.5) is 0 Å². The molecule has 90 heavy (non-hydrogen) atoms. The van der Waals surface area contributed by atoms with Crippen molar-refractivity contribution in [2.75, 3.05) is 0 Å². The molecule has 4 aromatic carbocycles. The molecule has 0 heterocycles. The quantitative estimate of drug-likeness (QED) is 0.0749. The number of carbonyl (C=O) groups excluding carboxylic acids is 2. The van der Waals surface area contributed by atoms with E-state index in [0.29, 0.717) is 43.0 Å². The molecule has 0 saturated heterocycles. The number of rotatable bonds is 22. The molecule has 0 spiro atoms. The summed E-state index contributed by atoms with van der Waals surface area (Å²) in [6, 6.07) is 34.0. The molecule has 8 heteroatoms. The summed E-state index contributed by atoms with van der Waals surface area (Å²) >= 11 is 0. The summed E-state index contributed by atoms with van der Waals surface area (Å²) in [7, 11) is 0. The zero-order valence-corrected chi connectivity index (χ0v) is 59.7. The number of benzene rings is 4. The molecular formula is C82H124O8. The molecule has 8 nitrogen and oxygen atoms in total. The molecule has 7 saturated carbocycles. The van der Waals surface area contributed by atoms with Crippen molar-refractivity contribution in [1.82, 2.24) is 0 Å². The summed E-state index contributed by atoms with van der Waals surface area (Å²) in [5.74, 6) is 5.30. The summed E-state index contributed by atoms with van der Waals surface area (Å²) in [5.41, 5.74) is 6.56. The van der Waals surface area contributed by atoms with Crippen LogP contribution in [0.25, 0.3) is 0 Å². The van der Waals surface area contributed by atoms with Crippen LogP contribution in [0, 0.1) is 51.8 Å². The van der Waals surface area contributed by atoms with Gasteiger partial charge in [0.25, 0.3) is 0 Å². The van der Waals surface area contributed by atoms with Gasteiger partial charge < -0.3 is 29.2 Å². The SMILES string of the molecule is CCC(C)(C)C(=O)OCc1ccc(C(C)(O)C23CC4CC(CC(C4)C2)C3)cc1.CCC(C)(C)C(=O)OCc1ccc(C(C)(O)C2CC3CCC2C3)cc1.CCC(C)c1ccc(C(C)(C)OC(C)C)cc1.CCC(C)c1ccc(C(C)(C)OC2CCCCC2)cc1. The van der Waals surface area contributed by atoms with Crippen molar-refractivity contribution in [3.05, 3.63) is 142 Å². The predicted octanol–water partition coefficient (Wildman–Crippen LogP) is 21.0. The Balaban J connectivity index is 0.000000174. The molecule has 7 fully saturated rings. The van der Waals surface area contributed by atoms with Gasteiger partial charge >= 0.3 is 11.9 Å². The highest BCUT2D eigenvalue weighted by molar-refractivity contribution is 5.76. The van der Waals surface area contributed by atoms with Crippen LogP contribution in [0.2, 0.25) is 0 Å². The van der Waals surface area contributed by atoms with Crippen molar-refractivity contribution < 1.29 is 38.7 Å². The van der Waals surface area contributed by atoms with Gasteiger partial charge in [-0.25, -0.2) is 0 Å². The molecule has 6 bridgehead atoms. The highest BCUT2D eigenvalue weighted by Crippen LogP contribution is 2.66. The summed E-state index contributed by atoms with van der Waals surface area (Å²) in [6.07, 6.45) is 23.8. The van der Waals surface area contributed by atoms with Gasteiger partial charge in [-0.05, 0) is 271 Å².